The molecule has 0 fully saturated rings. The maximum absolute atomic E-state index is 12.3. The molecule has 1 atom stereocenters. The van der Waals surface area contributed by atoms with Crippen LogP contribution in [0.5, 0.6) is 11.5 Å². The molecule has 2 aromatic heterocycles. The summed E-state index contributed by atoms with van der Waals surface area (Å²) in [5, 5.41) is 2.84. The van der Waals surface area contributed by atoms with Gasteiger partial charge in [-0.25, -0.2) is 9.97 Å². The van der Waals surface area contributed by atoms with Gasteiger partial charge in [0.1, 0.15) is 19.0 Å². The zero-order valence-corrected chi connectivity index (χ0v) is 18.0. The van der Waals surface area contributed by atoms with E-state index in [1.54, 1.807) is 12.4 Å². The number of hydrogen-bond acceptors (Lipinski definition) is 8. The summed E-state index contributed by atoms with van der Waals surface area (Å²) in [7, 11) is 3.81. The van der Waals surface area contributed by atoms with Crippen molar-refractivity contribution in [3.05, 3.63) is 60.6 Å². The number of carbonyl (C=O) groups is 1. The first-order valence-electron chi connectivity index (χ1n) is 10.3. The minimum absolute atomic E-state index is 0.0808. The van der Waals surface area contributed by atoms with Gasteiger partial charge in [0.05, 0.1) is 18.8 Å². The number of para-hydroxylation sites is 2. The van der Waals surface area contributed by atoms with Crippen molar-refractivity contribution in [2.24, 2.45) is 0 Å². The van der Waals surface area contributed by atoms with Gasteiger partial charge in [-0.3, -0.25) is 9.78 Å². The quantitative estimate of drug-likeness (QED) is 0.574. The molecule has 1 aliphatic heterocycles. The van der Waals surface area contributed by atoms with E-state index in [1.807, 2.05) is 61.5 Å². The van der Waals surface area contributed by atoms with Gasteiger partial charge in [0.25, 0.3) is 0 Å². The predicted molar refractivity (Wildman–Crippen MR) is 119 cm³/mol. The lowest BCUT2D eigenvalue weighted by atomic mass is 10.2. The number of rotatable bonds is 8. The molecule has 0 saturated carbocycles. The van der Waals surface area contributed by atoms with E-state index < -0.39 is 0 Å². The summed E-state index contributed by atoms with van der Waals surface area (Å²) in [5.74, 6) is 2.46. The van der Waals surface area contributed by atoms with Crippen molar-refractivity contribution in [3.8, 4) is 22.9 Å². The molecular weight excluding hydrogens is 410 g/mol. The van der Waals surface area contributed by atoms with Crippen molar-refractivity contribution in [1.82, 2.24) is 20.3 Å². The minimum atomic E-state index is -0.260. The van der Waals surface area contributed by atoms with Crippen LogP contribution in [0, 0.1) is 0 Å². The van der Waals surface area contributed by atoms with Crippen LogP contribution in [0.1, 0.15) is 5.69 Å². The third-order valence-electron chi connectivity index (χ3n) is 4.71. The topological polar surface area (TPSA) is 98.7 Å². The van der Waals surface area contributed by atoms with Gasteiger partial charge in [0.15, 0.2) is 23.4 Å². The number of nitrogens with one attached hydrogen (secondary N) is 1. The Hall–Kier alpha value is -3.72. The standard InChI is InChI=1S/C23H25N5O4/c1-28(2)21-10-17(26-23(27-21)16-6-5-9-24-11-16)12-25-22(29)15-30-13-18-14-31-19-7-3-4-8-20(19)32-18/h3-11,18H,12-15H2,1-2H3,(H,25,29)/t18-/m1/s1. The zero-order chi connectivity index (χ0) is 22.3. The van der Waals surface area contributed by atoms with Crippen molar-refractivity contribution >= 4 is 11.7 Å². The molecule has 0 radical (unpaired) electrons. The van der Waals surface area contributed by atoms with Crippen LogP contribution in [0.25, 0.3) is 11.4 Å². The number of nitrogens with zero attached hydrogens (tertiary/aromatic N) is 4. The smallest absolute Gasteiger partial charge is 0.246 e. The summed E-state index contributed by atoms with van der Waals surface area (Å²) < 4.78 is 17.0. The second kappa shape index (κ2) is 10.1. The normalized spacial score (nSPS) is 14.6. The van der Waals surface area contributed by atoms with Crippen molar-refractivity contribution in [3.63, 3.8) is 0 Å². The van der Waals surface area contributed by atoms with E-state index in [-0.39, 0.29) is 31.8 Å². The second-order valence-corrected chi connectivity index (χ2v) is 7.47. The van der Waals surface area contributed by atoms with Crippen LogP contribution in [-0.2, 0) is 16.1 Å². The number of hydrogen-bond donors (Lipinski definition) is 1. The van der Waals surface area contributed by atoms with E-state index in [2.05, 4.69) is 20.3 Å². The Labute approximate surface area is 186 Å². The highest BCUT2D eigenvalue weighted by molar-refractivity contribution is 5.77. The van der Waals surface area contributed by atoms with Crippen LogP contribution in [-0.4, -0.2) is 60.9 Å². The maximum Gasteiger partial charge on any atom is 0.246 e. The molecule has 166 valence electrons. The van der Waals surface area contributed by atoms with Gasteiger partial charge < -0.3 is 24.4 Å². The molecule has 1 aromatic carbocycles. The number of pyridine rings is 1. The summed E-state index contributed by atoms with van der Waals surface area (Å²) in [5.41, 5.74) is 1.50. The summed E-state index contributed by atoms with van der Waals surface area (Å²) in [6, 6.07) is 13.0. The highest BCUT2D eigenvalue weighted by atomic mass is 16.6. The van der Waals surface area contributed by atoms with E-state index in [0.717, 1.165) is 11.4 Å². The number of carbonyl (C=O) groups excluding carboxylic acids is 1. The third-order valence-corrected chi connectivity index (χ3v) is 4.71. The molecule has 1 N–H and O–H groups in total. The van der Waals surface area contributed by atoms with Gasteiger partial charge >= 0.3 is 0 Å². The molecule has 9 heteroatoms. The largest absolute Gasteiger partial charge is 0.486 e. The number of fused-ring (bicyclic) bond motifs is 1. The second-order valence-electron chi connectivity index (χ2n) is 7.47. The van der Waals surface area contributed by atoms with Crippen LogP contribution < -0.4 is 19.7 Å². The molecule has 0 spiro atoms. The third kappa shape index (κ3) is 5.50. The minimum Gasteiger partial charge on any atom is -0.486 e. The molecule has 0 aliphatic carbocycles. The fraction of sp³-hybridized carbons (Fsp3) is 0.304. The summed E-state index contributed by atoms with van der Waals surface area (Å²) in [4.78, 5) is 27.4. The Kier molecular flexibility index (Phi) is 6.76. The molecule has 1 amide bonds. The van der Waals surface area contributed by atoms with Crippen LogP contribution in [0.3, 0.4) is 0 Å². The number of anilines is 1. The molecular formula is C23H25N5O4. The molecule has 32 heavy (non-hydrogen) atoms. The van der Waals surface area contributed by atoms with Crippen molar-refractivity contribution in [2.45, 2.75) is 12.6 Å². The molecule has 3 heterocycles. The monoisotopic (exact) mass is 435 g/mol. The zero-order valence-electron chi connectivity index (χ0n) is 18.0. The average Bonchev–Trinajstić information content (AvgIpc) is 2.83. The van der Waals surface area contributed by atoms with Crippen molar-refractivity contribution < 1.29 is 19.0 Å². The fourth-order valence-corrected chi connectivity index (χ4v) is 3.10. The van der Waals surface area contributed by atoms with Crippen molar-refractivity contribution in [2.75, 3.05) is 38.8 Å². The maximum atomic E-state index is 12.3. The molecule has 0 saturated heterocycles. The van der Waals surface area contributed by atoms with Gasteiger partial charge in [-0.05, 0) is 24.3 Å². The first kappa shape index (κ1) is 21.5. The highest BCUT2D eigenvalue weighted by Gasteiger charge is 2.21. The first-order chi connectivity index (χ1) is 15.6. The van der Waals surface area contributed by atoms with Crippen LogP contribution >= 0.6 is 0 Å². The lowest BCUT2D eigenvalue weighted by molar-refractivity contribution is -0.127. The van der Waals surface area contributed by atoms with Gasteiger partial charge in [0, 0.05) is 38.1 Å². The Bertz CT molecular complexity index is 1060. The van der Waals surface area contributed by atoms with E-state index in [9.17, 15) is 4.79 Å². The molecule has 1 aliphatic rings. The van der Waals surface area contributed by atoms with E-state index in [4.69, 9.17) is 14.2 Å². The number of benzene rings is 1. The molecule has 3 aromatic rings. The van der Waals surface area contributed by atoms with Gasteiger partial charge in [-0.15, -0.1) is 0 Å². The summed E-state index contributed by atoms with van der Waals surface area (Å²) >= 11 is 0. The summed E-state index contributed by atoms with van der Waals surface area (Å²) in [6.45, 7) is 0.813. The average molecular weight is 435 g/mol. The molecule has 0 unspecified atom stereocenters. The molecule has 4 rings (SSSR count). The van der Waals surface area contributed by atoms with Gasteiger partial charge in [-0.1, -0.05) is 12.1 Å². The van der Waals surface area contributed by atoms with Gasteiger partial charge in [0.2, 0.25) is 5.91 Å². The Morgan fingerprint density at radius 1 is 1.19 bits per heavy atom. The number of ether oxygens (including phenoxy) is 3. The highest BCUT2D eigenvalue weighted by Crippen LogP contribution is 2.30. The Morgan fingerprint density at radius 3 is 2.81 bits per heavy atom. The molecule has 0 bridgehead atoms. The van der Waals surface area contributed by atoms with Crippen LogP contribution in [0.2, 0.25) is 0 Å². The number of amides is 1. The van der Waals surface area contributed by atoms with Crippen LogP contribution in [0.15, 0.2) is 54.9 Å². The Morgan fingerprint density at radius 2 is 2.03 bits per heavy atom. The lowest BCUT2D eigenvalue weighted by Gasteiger charge is -2.26. The first-order valence-corrected chi connectivity index (χ1v) is 10.3. The van der Waals surface area contributed by atoms with E-state index in [0.29, 0.717) is 29.6 Å². The SMILES string of the molecule is CN(C)c1cc(CNC(=O)COC[C@@H]2COc3ccccc3O2)nc(-c2cccnc2)n1. The van der Waals surface area contributed by atoms with Crippen molar-refractivity contribution in [1.29, 1.82) is 0 Å². The summed E-state index contributed by atoms with van der Waals surface area (Å²) in [6.07, 6.45) is 3.15. The number of aromatic nitrogens is 3. The van der Waals surface area contributed by atoms with E-state index >= 15 is 0 Å². The predicted octanol–water partition coefficient (Wildman–Crippen LogP) is 2.08. The van der Waals surface area contributed by atoms with Crippen LogP contribution in [0.4, 0.5) is 5.82 Å². The van der Waals surface area contributed by atoms with Gasteiger partial charge in [-0.2, -0.15) is 0 Å². The molecule has 9 nitrogen and oxygen atoms in total. The fourth-order valence-electron chi connectivity index (χ4n) is 3.10. The van der Waals surface area contributed by atoms with E-state index in [1.165, 1.54) is 0 Å². The Balaban J connectivity index is 1.29. The lowest BCUT2D eigenvalue weighted by Crippen LogP contribution is -2.35.